The van der Waals surface area contributed by atoms with E-state index < -0.39 is 9.84 Å². The van der Waals surface area contributed by atoms with Crippen molar-refractivity contribution in [1.29, 1.82) is 0 Å². The highest BCUT2D eigenvalue weighted by Gasteiger charge is 2.20. The van der Waals surface area contributed by atoms with Crippen LogP contribution in [-0.4, -0.2) is 42.3 Å². The first-order chi connectivity index (χ1) is 16.3. The van der Waals surface area contributed by atoms with Crippen LogP contribution < -0.4 is 10.1 Å². The summed E-state index contributed by atoms with van der Waals surface area (Å²) in [6.45, 7) is 6.07. The molecule has 1 N–H and O–H groups in total. The molecule has 0 amide bonds. The van der Waals surface area contributed by atoms with Gasteiger partial charge in [0.2, 0.25) is 11.8 Å². The lowest BCUT2D eigenvalue weighted by molar-refractivity contribution is 0.360. The van der Waals surface area contributed by atoms with Crippen molar-refractivity contribution >= 4 is 26.7 Å². The lowest BCUT2D eigenvalue weighted by Crippen LogP contribution is -2.26. The van der Waals surface area contributed by atoms with Crippen LogP contribution in [0.4, 0.5) is 5.95 Å². The van der Waals surface area contributed by atoms with Crippen molar-refractivity contribution in [3.05, 3.63) is 41.7 Å². The fourth-order valence-electron chi connectivity index (χ4n) is 4.56. The number of aromatic nitrogens is 3. The molecule has 3 aromatic rings. The molecule has 2 heterocycles. The second kappa shape index (κ2) is 10.3. The zero-order valence-electron chi connectivity index (χ0n) is 20.5. The third-order valence-corrected chi connectivity index (χ3v) is 8.34. The van der Waals surface area contributed by atoms with Gasteiger partial charge in [-0.2, -0.15) is 0 Å². The quantitative estimate of drug-likeness (QED) is 0.472. The van der Waals surface area contributed by atoms with Gasteiger partial charge < -0.3 is 10.1 Å². The highest BCUT2D eigenvalue weighted by molar-refractivity contribution is 7.90. The average molecular weight is 483 g/mol. The van der Waals surface area contributed by atoms with Crippen LogP contribution in [0.3, 0.4) is 0 Å². The molecule has 0 atom stereocenters. The number of rotatable bonds is 8. The predicted molar refractivity (Wildman–Crippen MR) is 137 cm³/mol. The number of sulfone groups is 1. The van der Waals surface area contributed by atoms with E-state index in [9.17, 15) is 8.42 Å². The Bertz CT molecular complexity index is 1270. The molecule has 1 aliphatic carbocycles. The van der Waals surface area contributed by atoms with E-state index in [4.69, 9.17) is 9.72 Å². The summed E-state index contributed by atoms with van der Waals surface area (Å²) in [4.78, 5) is 13.9. The predicted octanol–water partition coefficient (Wildman–Crippen LogP) is 5.19. The van der Waals surface area contributed by atoms with E-state index >= 15 is 0 Å². The second-order valence-corrected chi connectivity index (χ2v) is 11.6. The summed E-state index contributed by atoms with van der Waals surface area (Å²) in [7, 11) is -1.62. The van der Waals surface area contributed by atoms with Gasteiger partial charge in [-0.15, -0.1) is 0 Å². The molecule has 0 unspecified atom stereocenters. The van der Waals surface area contributed by atoms with Gasteiger partial charge in [0.25, 0.3) is 0 Å². The van der Waals surface area contributed by atoms with Gasteiger partial charge in [0.15, 0.2) is 9.84 Å². The average Bonchev–Trinajstić information content (AvgIpc) is 2.84. The van der Waals surface area contributed by atoms with Crippen LogP contribution >= 0.6 is 0 Å². The smallest absolute Gasteiger partial charge is 0.223 e. The van der Waals surface area contributed by atoms with Crippen LogP contribution in [0.1, 0.15) is 57.7 Å². The molecular formula is C26H34N4O3S. The number of ether oxygens (including phenoxy) is 1. The first-order valence-corrected chi connectivity index (χ1v) is 13.9. The lowest BCUT2D eigenvalue weighted by atomic mass is 9.87. The maximum atomic E-state index is 12.0. The molecule has 1 saturated carbocycles. The Morgan fingerprint density at radius 1 is 1.09 bits per heavy atom. The SMILES string of the molecule is CCc1cc(-c2ccc(CS(=O)(=O)CC)nc2OC)cc2cnc(NC3CCC(C)CC3)nc12. The topological polar surface area (TPSA) is 94.1 Å². The summed E-state index contributed by atoms with van der Waals surface area (Å²) in [6, 6.07) is 8.23. The minimum atomic E-state index is -3.17. The maximum Gasteiger partial charge on any atom is 0.223 e. The van der Waals surface area contributed by atoms with Gasteiger partial charge >= 0.3 is 0 Å². The molecule has 0 bridgehead atoms. The van der Waals surface area contributed by atoms with Crippen molar-refractivity contribution in [2.75, 3.05) is 18.2 Å². The van der Waals surface area contributed by atoms with Crippen LogP contribution in [0.2, 0.25) is 0 Å². The summed E-state index contributed by atoms with van der Waals surface area (Å²) in [5.41, 5.74) is 4.31. The number of nitrogens with one attached hydrogen (secondary N) is 1. The standard InChI is InChI=1S/C26H34N4O3S/c1-5-18-13-19(23-12-11-22(28-25(23)33-4)16-34(31,32)6-2)14-20-15-27-26(30-24(18)20)29-21-9-7-17(3)8-10-21/h11-15,17,21H,5-10,16H2,1-4H3,(H,27,29,30). The molecule has 7 nitrogen and oxygen atoms in total. The number of benzene rings is 1. The lowest BCUT2D eigenvalue weighted by Gasteiger charge is -2.26. The van der Waals surface area contributed by atoms with E-state index in [2.05, 4.69) is 35.2 Å². The summed E-state index contributed by atoms with van der Waals surface area (Å²) in [6.07, 6.45) is 7.50. The zero-order chi connectivity index (χ0) is 24.3. The summed E-state index contributed by atoms with van der Waals surface area (Å²) in [5, 5.41) is 4.49. The van der Waals surface area contributed by atoms with E-state index in [0.717, 1.165) is 52.8 Å². The summed E-state index contributed by atoms with van der Waals surface area (Å²) < 4.78 is 29.6. The first kappa shape index (κ1) is 24.4. The van der Waals surface area contributed by atoms with Gasteiger partial charge in [-0.3, -0.25) is 0 Å². The van der Waals surface area contributed by atoms with Gasteiger partial charge in [0, 0.05) is 28.9 Å². The molecule has 182 valence electrons. The minimum absolute atomic E-state index is 0.0833. The molecule has 8 heteroatoms. The number of anilines is 1. The minimum Gasteiger partial charge on any atom is -0.481 e. The normalized spacial score (nSPS) is 18.7. The van der Waals surface area contributed by atoms with Crippen molar-refractivity contribution in [2.24, 2.45) is 5.92 Å². The Morgan fingerprint density at radius 3 is 2.53 bits per heavy atom. The molecular weight excluding hydrogens is 448 g/mol. The van der Waals surface area contributed by atoms with Gasteiger partial charge in [-0.25, -0.2) is 23.4 Å². The van der Waals surface area contributed by atoms with E-state index in [1.807, 2.05) is 18.3 Å². The number of aryl methyl sites for hydroxylation is 1. The number of pyridine rings is 1. The molecule has 0 spiro atoms. The zero-order valence-corrected chi connectivity index (χ0v) is 21.3. The monoisotopic (exact) mass is 482 g/mol. The fourth-order valence-corrected chi connectivity index (χ4v) is 5.38. The van der Waals surface area contributed by atoms with Crippen molar-refractivity contribution in [1.82, 2.24) is 15.0 Å². The van der Waals surface area contributed by atoms with Crippen LogP contribution in [0.5, 0.6) is 5.88 Å². The molecule has 0 radical (unpaired) electrons. The Morgan fingerprint density at radius 2 is 1.85 bits per heavy atom. The van der Waals surface area contributed by atoms with Crippen molar-refractivity contribution in [3.63, 3.8) is 0 Å². The number of fused-ring (bicyclic) bond motifs is 1. The van der Waals surface area contributed by atoms with Crippen LogP contribution in [0.15, 0.2) is 30.5 Å². The fraction of sp³-hybridized carbons (Fsp3) is 0.500. The van der Waals surface area contributed by atoms with Crippen molar-refractivity contribution in [2.45, 2.75) is 64.7 Å². The van der Waals surface area contributed by atoms with E-state index in [1.54, 1.807) is 20.1 Å². The molecule has 0 saturated heterocycles. The highest BCUT2D eigenvalue weighted by atomic mass is 32.2. The molecule has 2 aromatic heterocycles. The molecule has 1 aliphatic rings. The van der Waals surface area contributed by atoms with Crippen LogP contribution in [-0.2, 0) is 22.0 Å². The molecule has 1 fully saturated rings. The Labute approximate surface area is 202 Å². The van der Waals surface area contributed by atoms with Gasteiger partial charge in [0.1, 0.15) is 0 Å². The van der Waals surface area contributed by atoms with Gasteiger partial charge in [0.05, 0.1) is 24.1 Å². The van der Waals surface area contributed by atoms with Crippen LogP contribution in [0, 0.1) is 5.92 Å². The van der Waals surface area contributed by atoms with E-state index in [1.165, 1.54) is 12.8 Å². The molecule has 0 aliphatic heterocycles. The third kappa shape index (κ3) is 5.49. The maximum absolute atomic E-state index is 12.0. The highest BCUT2D eigenvalue weighted by Crippen LogP contribution is 2.33. The van der Waals surface area contributed by atoms with Crippen molar-refractivity contribution < 1.29 is 13.2 Å². The Hall–Kier alpha value is -2.74. The van der Waals surface area contributed by atoms with E-state index in [-0.39, 0.29) is 11.5 Å². The number of nitrogens with zero attached hydrogens (tertiary/aromatic N) is 3. The molecule has 4 rings (SSSR count). The Kier molecular flexibility index (Phi) is 7.36. The second-order valence-electron chi connectivity index (χ2n) is 9.26. The van der Waals surface area contributed by atoms with E-state index in [0.29, 0.717) is 23.6 Å². The van der Waals surface area contributed by atoms with Gasteiger partial charge in [-0.1, -0.05) is 20.8 Å². The number of methoxy groups -OCH3 is 1. The number of hydrogen-bond donors (Lipinski definition) is 1. The Balaban J connectivity index is 1.66. The first-order valence-electron chi connectivity index (χ1n) is 12.1. The molecule has 34 heavy (non-hydrogen) atoms. The summed E-state index contributed by atoms with van der Waals surface area (Å²) in [5.74, 6) is 1.89. The van der Waals surface area contributed by atoms with Crippen molar-refractivity contribution in [3.8, 4) is 17.0 Å². The third-order valence-electron chi connectivity index (χ3n) is 6.72. The van der Waals surface area contributed by atoms with Gasteiger partial charge in [-0.05, 0) is 73.4 Å². The molecule has 1 aromatic carbocycles. The largest absolute Gasteiger partial charge is 0.481 e. The summed E-state index contributed by atoms with van der Waals surface area (Å²) >= 11 is 0. The number of hydrogen-bond acceptors (Lipinski definition) is 7. The van der Waals surface area contributed by atoms with Crippen LogP contribution in [0.25, 0.3) is 22.0 Å².